The molecule has 2 aliphatic carbocycles. The molecule has 0 unspecified atom stereocenters. The molecule has 0 heterocycles. The number of hydrogen-bond acceptors (Lipinski definition) is 2. The summed E-state index contributed by atoms with van der Waals surface area (Å²) in [5, 5.41) is 9.82. The van der Waals surface area contributed by atoms with Crippen molar-refractivity contribution in [3.8, 4) is 5.75 Å². The first-order valence-electron chi connectivity index (χ1n) is 5.31. The molecular weight excluding hydrogens is 176 g/mol. The Bertz CT molecular complexity index is 355. The van der Waals surface area contributed by atoms with Crippen LogP contribution in [-0.4, -0.2) is 11.2 Å². The number of fused-ring (bicyclic) bond motifs is 1. The van der Waals surface area contributed by atoms with Gasteiger partial charge in [0.15, 0.2) is 0 Å². The molecule has 1 saturated carbocycles. The lowest BCUT2D eigenvalue weighted by Gasteiger charge is -2.12. The molecule has 0 aromatic heterocycles. The summed E-state index contributed by atoms with van der Waals surface area (Å²) in [5.41, 5.74) is 2.30. The summed E-state index contributed by atoms with van der Waals surface area (Å²) < 4.78 is 5.78. The summed E-state index contributed by atoms with van der Waals surface area (Å²) >= 11 is 0. The predicted molar refractivity (Wildman–Crippen MR) is 53.4 cm³/mol. The molecule has 1 aromatic rings. The second kappa shape index (κ2) is 2.99. The highest BCUT2D eigenvalue weighted by Gasteiger charge is 2.28. The molecule has 0 spiro atoms. The van der Waals surface area contributed by atoms with Gasteiger partial charge < -0.3 is 9.84 Å². The van der Waals surface area contributed by atoms with E-state index >= 15 is 0 Å². The Labute approximate surface area is 83.5 Å². The van der Waals surface area contributed by atoms with Crippen LogP contribution in [0.1, 0.15) is 36.5 Å². The molecule has 14 heavy (non-hydrogen) atoms. The van der Waals surface area contributed by atoms with Crippen molar-refractivity contribution in [1.29, 1.82) is 0 Å². The van der Waals surface area contributed by atoms with Crippen LogP contribution in [0.2, 0.25) is 0 Å². The smallest absolute Gasteiger partial charge is 0.125 e. The van der Waals surface area contributed by atoms with E-state index in [9.17, 15) is 5.11 Å². The maximum absolute atomic E-state index is 9.82. The maximum Gasteiger partial charge on any atom is 0.125 e. The van der Waals surface area contributed by atoms with Crippen LogP contribution in [0.5, 0.6) is 5.75 Å². The van der Waals surface area contributed by atoms with Gasteiger partial charge in [-0.05, 0) is 37.3 Å². The second-order valence-corrected chi connectivity index (χ2v) is 4.20. The summed E-state index contributed by atoms with van der Waals surface area (Å²) in [4.78, 5) is 0. The number of ether oxygens (including phenoxy) is 1. The van der Waals surface area contributed by atoms with E-state index in [0.717, 1.165) is 24.2 Å². The summed E-state index contributed by atoms with van der Waals surface area (Å²) in [6, 6.07) is 6.09. The molecule has 0 amide bonds. The van der Waals surface area contributed by atoms with Crippen molar-refractivity contribution < 1.29 is 9.84 Å². The van der Waals surface area contributed by atoms with E-state index in [4.69, 9.17) is 4.74 Å². The van der Waals surface area contributed by atoms with Crippen LogP contribution in [0, 0.1) is 0 Å². The zero-order chi connectivity index (χ0) is 9.54. The SMILES string of the molecule is O[C@H]1CCc2cccc(OC3CC3)c21. The van der Waals surface area contributed by atoms with E-state index in [-0.39, 0.29) is 6.10 Å². The Morgan fingerprint density at radius 1 is 1.21 bits per heavy atom. The molecule has 1 N–H and O–H groups in total. The first-order valence-corrected chi connectivity index (χ1v) is 5.31. The summed E-state index contributed by atoms with van der Waals surface area (Å²) in [6.07, 6.45) is 4.27. The number of aliphatic hydroxyl groups is 1. The van der Waals surface area contributed by atoms with Gasteiger partial charge in [-0.3, -0.25) is 0 Å². The normalized spacial score (nSPS) is 24.8. The van der Waals surface area contributed by atoms with Crippen LogP contribution in [0.4, 0.5) is 0 Å². The molecule has 0 radical (unpaired) electrons. The Hall–Kier alpha value is -1.02. The van der Waals surface area contributed by atoms with E-state index < -0.39 is 0 Å². The van der Waals surface area contributed by atoms with Crippen molar-refractivity contribution in [2.24, 2.45) is 0 Å². The first-order chi connectivity index (χ1) is 6.84. The molecule has 74 valence electrons. The van der Waals surface area contributed by atoms with Crippen molar-refractivity contribution in [3.05, 3.63) is 29.3 Å². The predicted octanol–water partition coefficient (Wildman–Crippen LogP) is 2.21. The van der Waals surface area contributed by atoms with Crippen molar-refractivity contribution in [3.63, 3.8) is 0 Å². The second-order valence-electron chi connectivity index (χ2n) is 4.20. The third kappa shape index (κ3) is 1.30. The van der Waals surface area contributed by atoms with E-state index in [2.05, 4.69) is 6.07 Å². The van der Waals surface area contributed by atoms with Gasteiger partial charge in [-0.15, -0.1) is 0 Å². The zero-order valence-electron chi connectivity index (χ0n) is 8.07. The van der Waals surface area contributed by atoms with Gasteiger partial charge in [0.2, 0.25) is 0 Å². The lowest BCUT2D eigenvalue weighted by atomic mass is 10.1. The third-order valence-electron chi connectivity index (χ3n) is 2.99. The van der Waals surface area contributed by atoms with Crippen molar-refractivity contribution >= 4 is 0 Å². The zero-order valence-corrected chi connectivity index (χ0v) is 8.07. The van der Waals surface area contributed by atoms with Gasteiger partial charge in [-0.2, -0.15) is 0 Å². The fourth-order valence-electron chi connectivity index (χ4n) is 2.09. The van der Waals surface area contributed by atoms with Crippen molar-refractivity contribution in [2.45, 2.75) is 37.9 Å². The van der Waals surface area contributed by atoms with Gasteiger partial charge in [-0.1, -0.05) is 12.1 Å². The Morgan fingerprint density at radius 3 is 2.86 bits per heavy atom. The minimum atomic E-state index is -0.306. The standard InChI is InChI=1S/C12H14O2/c13-10-7-4-8-2-1-3-11(12(8)10)14-9-5-6-9/h1-3,9-10,13H,4-7H2/t10-/m0/s1. The average Bonchev–Trinajstić information content (AvgIpc) is 2.91. The van der Waals surface area contributed by atoms with Crippen LogP contribution in [0.3, 0.4) is 0 Å². The lowest BCUT2D eigenvalue weighted by molar-refractivity contribution is 0.173. The molecule has 2 heteroatoms. The fraction of sp³-hybridized carbons (Fsp3) is 0.500. The Morgan fingerprint density at radius 2 is 2.07 bits per heavy atom. The number of hydrogen-bond donors (Lipinski definition) is 1. The van der Waals surface area contributed by atoms with Gasteiger partial charge >= 0.3 is 0 Å². The molecule has 0 bridgehead atoms. The first kappa shape index (κ1) is 8.30. The largest absolute Gasteiger partial charge is 0.490 e. The number of rotatable bonds is 2. The number of aliphatic hydroxyl groups excluding tert-OH is 1. The number of benzene rings is 1. The highest BCUT2D eigenvalue weighted by atomic mass is 16.5. The average molecular weight is 190 g/mol. The van der Waals surface area contributed by atoms with Gasteiger partial charge in [0.05, 0.1) is 12.2 Å². The van der Waals surface area contributed by atoms with Gasteiger partial charge in [0.25, 0.3) is 0 Å². The molecule has 1 fully saturated rings. The van der Waals surface area contributed by atoms with Gasteiger partial charge in [0, 0.05) is 5.56 Å². The monoisotopic (exact) mass is 190 g/mol. The minimum absolute atomic E-state index is 0.306. The topological polar surface area (TPSA) is 29.5 Å². The van der Waals surface area contributed by atoms with Crippen molar-refractivity contribution in [1.82, 2.24) is 0 Å². The Balaban J connectivity index is 1.97. The van der Waals surface area contributed by atoms with Gasteiger partial charge in [-0.25, -0.2) is 0 Å². The highest BCUT2D eigenvalue weighted by Crippen LogP contribution is 2.39. The summed E-state index contributed by atoms with van der Waals surface area (Å²) in [7, 11) is 0. The van der Waals surface area contributed by atoms with Gasteiger partial charge in [0.1, 0.15) is 5.75 Å². The van der Waals surface area contributed by atoms with Crippen molar-refractivity contribution in [2.75, 3.05) is 0 Å². The molecule has 3 rings (SSSR count). The van der Waals surface area contributed by atoms with Crippen LogP contribution in [0.15, 0.2) is 18.2 Å². The number of aryl methyl sites for hydroxylation is 1. The molecule has 0 saturated heterocycles. The van der Waals surface area contributed by atoms with E-state index in [0.29, 0.717) is 6.10 Å². The third-order valence-corrected chi connectivity index (χ3v) is 2.99. The maximum atomic E-state index is 9.82. The molecule has 0 aliphatic heterocycles. The Kier molecular flexibility index (Phi) is 1.77. The minimum Gasteiger partial charge on any atom is -0.490 e. The van der Waals surface area contributed by atoms with E-state index in [1.165, 1.54) is 18.4 Å². The van der Waals surface area contributed by atoms with Crippen LogP contribution in [-0.2, 0) is 6.42 Å². The molecular formula is C12H14O2. The molecule has 2 nitrogen and oxygen atoms in total. The van der Waals surface area contributed by atoms with Crippen LogP contribution >= 0.6 is 0 Å². The van der Waals surface area contributed by atoms with Crippen LogP contribution in [0.25, 0.3) is 0 Å². The molecule has 1 aromatic carbocycles. The van der Waals surface area contributed by atoms with Crippen LogP contribution < -0.4 is 4.74 Å². The molecule has 2 aliphatic rings. The quantitative estimate of drug-likeness (QED) is 0.774. The highest BCUT2D eigenvalue weighted by molar-refractivity contribution is 5.45. The van der Waals surface area contributed by atoms with E-state index in [1.807, 2.05) is 12.1 Å². The van der Waals surface area contributed by atoms with E-state index in [1.54, 1.807) is 0 Å². The summed E-state index contributed by atoms with van der Waals surface area (Å²) in [5.74, 6) is 0.912. The lowest BCUT2D eigenvalue weighted by Crippen LogP contribution is -2.01. The molecule has 1 atom stereocenters. The fourth-order valence-corrected chi connectivity index (χ4v) is 2.09. The summed E-state index contributed by atoms with van der Waals surface area (Å²) in [6.45, 7) is 0.